The summed E-state index contributed by atoms with van der Waals surface area (Å²) in [5, 5.41) is 0. The average Bonchev–Trinajstić information content (AvgIpc) is 2.29. The van der Waals surface area contributed by atoms with Crippen molar-refractivity contribution in [2.24, 2.45) is 7.05 Å². The Bertz CT molecular complexity index is 565. The third-order valence-corrected chi connectivity index (χ3v) is 2.29. The minimum atomic E-state index is -0.690. The van der Waals surface area contributed by atoms with E-state index in [9.17, 15) is 14.4 Å². The molecule has 0 unspecified atom stereocenters. The van der Waals surface area contributed by atoms with E-state index in [1.165, 1.54) is 20.2 Å². The smallest absolute Gasteiger partial charge is 0.354 e. The van der Waals surface area contributed by atoms with Crippen molar-refractivity contribution in [2.45, 2.75) is 26.4 Å². The van der Waals surface area contributed by atoms with E-state index in [1.54, 1.807) is 20.8 Å². The zero-order valence-corrected chi connectivity index (χ0v) is 11.6. The summed E-state index contributed by atoms with van der Waals surface area (Å²) in [7, 11) is 2.63. The molecule has 1 aromatic heterocycles. The maximum Gasteiger partial charge on any atom is 0.354 e. The lowest BCUT2D eigenvalue weighted by Crippen LogP contribution is -2.28. The van der Waals surface area contributed by atoms with Crippen LogP contribution in [-0.2, 0) is 16.5 Å². The molecule has 0 N–H and O–H groups in total. The molecule has 0 fully saturated rings. The summed E-state index contributed by atoms with van der Waals surface area (Å²) in [6.07, 6.45) is 0. The molecule has 0 aromatic carbocycles. The fourth-order valence-electron chi connectivity index (χ4n) is 1.39. The van der Waals surface area contributed by atoms with E-state index in [2.05, 4.69) is 4.74 Å². The van der Waals surface area contributed by atoms with Crippen LogP contribution in [0.15, 0.2) is 16.9 Å². The molecule has 0 saturated heterocycles. The third kappa shape index (κ3) is 3.67. The molecule has 0 radical (unpaired) electrons. The molecule has 0 atom stereocenters. The minimum absolute atomic E-state index is 0.00383. The molecule has 104 valence electrons. The normalized spacial score (nSPS) is 11.0. The van der Waals surface area contributed by atoms with E-state index in [0.717, 1.165) is 10.6 Å². The molecule has 19 heavy (non-hydrogen) atoms. The predicted octanol–water partition coefficient (Wildman–Crippen LogP) is 1.13. The summed E-state index contributed by atoms with van der Waals surface area (Å²) in [4.78, 5) is 35.1. The Morgan fingerprint density at radius 3 is 2.21 bits per heavy atom. The summed E-state index contributed by atoms with van der Waals surface area (Å²) >= 11 is 0. The summed E-state index contributed by atoms with van der Waals surface area (Å²) in [5.41, 5.74) is -1.14. The summed E-state index contributed by atoms with van der Waals surface area (Å²) in [5.74, 6) is -1.35. The van der Waals surface area contributed by atoms with Crippen LogP contribution in [0, 0.1) is 0 Å². The van der Waals surface area contributed by atoms with Crippen LogP contribution in [0.4, 0.5) is 0 Å². The number of hydrogen-bond acceptors (Lipinski definition) is 5. The Morgan fingerprint density at radius 1 is 1.16 bits per heavy atom. The molecule has 0 bridgehead atoms. The summed E-state index contributed by atoms with van der Waals surface area (Å²) in [6.45, 7) is 5.15. The second kappa shape index (κ2) is 5.26. The van der Waals surface area contributed by atoms with E-state index >= 15 is 0 Å². The number of aromatic nitrogens is 1. The lowest BCUT2D eigenvalue weighted by Gasteiger charge is -2.19. The number of methoxy groups -OCH3 is 1. The van der Waals surface area contributed by atoms with Crippen molar-refractivity contribution in [3.63, 3.8) is 0 Å². The molecular weight excluding hydrogens is 250 g/mol. The lowest BCUT2D eigenvalue weighted by atomic mass is 10.1. The molecule has 0 aliphatic heterocycles. The van der Waals surface area contributed by atoms with Crippen molar-refractivity contribution in [3.8, 4) is 0 Å². The Balaban J connectivity index is 3.25. The van der Waals surface area contributed by atoms with Gasteiger partial charge in [-0.25, -0.2) is 9.59 Å². The zero-order chi connectivity index (χ0) is 14.8. The number of nitrogens with zero attached hydrogens (tertiary/aromatic N) is 1. The number of carbonyl (C=O) groups excluding carboxylic acids is 2. The van der Waals surface area contributed by atoms with Gasteiger partial charge in [-0.2, -0.15) is 0 Å². The van der Waals surface area contributed by atoms with Crippen LogP contribution in [0.5, 0.6) is 0 Å². The molecule has 1 heterocycles. The highest BCUT2D eigenvalue weighted by Gasteiger charge is 2.21. The fraction of sp³-hybridized carbons (Fsp3) is 0.462. The summed E-state index contributed by atoms with van der Waals surface area (Å²) < 4.78 is 10.8. The number of pyridine rings is 1. The van der Waals surface area contributed by atoms with Crippen LogP contribution < -0.4 is 5.56 Å². The molecule has 6 nitrogen and oxygen atoms in total. The van der Waals surface area contributed by atoms with Crippen LogP contribution in [0.25, 0.3) is 0 Å². The molecule has 0 aliphatic rings. The van der Waals surface area contributed by atoms with E-state index < -0.39 is 23.1 Å². The maximum absolute atomic E-state index is 11.9. The molecule has 0 aliphatic carbocycles. The third-order valence-electron chi connectivity index (χ3n) is 2.29. The van der Waals surface area contributed by atoms with Gasteiger partial charge in [0.1, 0.15) is 11.3 Å². The van der Waals surface area contributed by atoms with E-state index in [1.807, 2.05) is 0 Å². The van der Waals surface area contributed by atoms with Gasteiger partial charge < -0.3 is 14.0 Å². The number of hydrogen-bond donors (Lipinski definition) is 0. The first kappa shape index (κ1) is 14.9. The van der Waals surface area contributed by atoms with Gasteiger partial charge in [0.05, 0.1) is 12.7 Å². The monoisotopic (exact) mass is 267 g/mol. The Kier molecular flexibility index (Phi) is 4.14. The Labute approximate surface area is 110 Å². The first-order valence-corrected chi connectivity index (χ1v) is 5.68. The predicted molar refractivity (Wildman–Crippen MR) is 68.2 cm³/mol. The van der Waals surface area contributed by atoms with Crippen molar-refractivity contribution in [3.05, 3.63) is 33.7 Å². The summed E-state index contributed by atoms with van der Waals surface area (Å²) in [6, 6.07) is 2.40. The SMILES string of the molecule is COC(=O)c1cc(C(=O)OC(C)(C)C)cc(=O)n1C. The Morgan fingerprint density at radius 2 is 1.74 bits per heavy atom. The van der Waals surface area contributed by atoms with Gasteiger partial charge in [-0.15, -0.1) is 0 Å². The molecule has 6 heteroatoms. The zero-order valence-electron chi connectivity index (χ0n) is 11.6. The highest BCUT2D eigenvalue weighted by molar-refractivity contribution is 5.94. The number of ether oxygens (including phenoxy) is 2. The second-order valence-electron chi connectivity index (χ2n) is 5.02. The van der Waals surface area contributed by atoms with Gasteiger partial charge in [0.25, 0.3) is 5.56 Å². The van der Waals surface area contributed by atoms with Crippen molar-refractivity contribution in [1.29, 1.82) is 0 Å². The number of rotatable bonds is 2. The van der Waals surface area contributed by atoms with Crippen molar-refractivity contribution >= 4 is 11.9 Å². The van der Waals surface area contributed by atoms with Gasteiger partial charge in [-0.05, 0) is 26.8 Å². The molecule has 1 rings (SSSR count). The van der Waals surface area contributed by atoms with Gasteiger partial charge in [0.2, 0.25) is 0 Å². The minimum Gasteiger partial charge on any atom is -0.464 e. The van der Waals surface area contributed by atoms with Crippen LogP contribution >= 0.6 is 0 Å². The number of carbonyl (C=O) groups is 2. The first-order valence-electron chi connectivity index (χ1n) is 5.68. The average molecular weight is 267 g/mol. The molecule has 0 amide bonds. The van der Waals surface area contributed by atoms with E-state index in [4.69, 9.17) is 4.74 Å². The highest BCUT2D eigenvalue weighted by Crippen LogP contribution is 2.12. The van der Waals surface area contributed by atoms with Gasteiger partial charge in [0.15, 0.2) is 0 Å². The quantitative estimate of drug-likeness (QED) is 0.751. The van der Waals surface area contributed by atoms with Gasteiger partial charge in [-0.1, -0.05) is 0 Å². The lowest BCUT2D eigenvalue weighted by molar-refractivity contribution is 0.00691. The van der Waals surface area contributed by atoms with Crippen molar-refractivity contribution in [2.75, 3.05) is 7.11 Å². The molecule has 1 aromatic rings. The standard InChI is InChI=1S/C13H17NO5/c1-13(2,3)19-11(16)8-6-9(12(17)18-5)14(4)10(15)7-8/h6-7H,1-5H3. The van der Waals surface area contributed by atoms with Crippen LogP contribution in [-0.4, -0.2) is 29.2 Å². The molecular formula is C13H17NO5. The van der Waals surface area contributed by atoms with Crippen LogP contribution in [0.1, 0.15) is 41.6 Å². The highest BCUT2D eigenvalue weighted by atomic mass is 16.6. The van der Waals surface area contributed by atoms with Gasteiger partial charge >= 0.3 is 11.9 Å². The second-order valence-corrected chi connectivity index (χ2v) is 5.02. The van der Waals surface area contributed by atoms with Gasteiger partial charge in [0, 0.05) is 13.1 Å². The fourth-order valence-corrected chi connectivity index (χ4v) is 1.39. The van der Waals surface area contributed by atoms with Crippen molar-refractivity contribution < 1.29 is 19.1 Å². The van der Waals surface area contributed by atoms with Crippen LogP contribution in [0.2, 0.25) is 0 Å². The molecule has 0 spiro atoms. The molecule has 0 saturated carbocycles. The van der Waals surface area contributed by atoms with E-state index in [-0.39, 0.29) is 11.3 Å². The largest absolute Gasteiger partial charge is 0.464 e. The topological polar surface area (TPSA) is 74.6 Å². The number of esters is 2. The first-order chi connectivity index (χ1) is 8.65. The maximum atomic E-state index is 11.9. The van der Waals surface area contributed by atoms with E-state index in [0.29, 0.717) is 0 Å². The van der Waals surface area contributed by atoms with Crippen LogP contribution in [0.3, 0.4) is 0 Å². The Hall–Kier alpha value is -2.11. The van der Waals surface area contributed by atoms with Gasteiger partial charge in [-0.3, -0.25) is 4.79 Å². The van der Waals surface area contributed by atoms with Crippen molar-refractivity contribution in [1.82, 2.24) is 4.57 Å².